The van der Waals surface area contributed by atoms with E-state index in [4.69, 9.17) is 0 Å². The molecule has 1 fully saturated rings. The third-order valence-electron chi connectivity index (χ3n) is 4.90. The Morgan fingerprint density at radius 3 is 2.37 bits per heavy atom. The molecule has 1 N–H and O–H groups in total. The lowest BCUT2D eigenvalue weighted by Gasteiger charge is -2.22. The van der Waals surface area contributed by atoms with Gasteiger partial charge in [-0.1, -0.05) is 32.0 Å². The molecule has 3 rings (SSSR count). The quantitative estimate of drug-likeness (QED) is 0.816. The van der Waals surface area contributed by atoms with Gasteiger partial charge in [0.15, 0.2) is 5.78 Å². The lowest BCUT2D eigenvalue weighted by atomic mass is 10.0. The molecule has 1 saturated heterocycles. The number of benzene rings is 2. The van der Waals surface area contributed by atoms with Crippen molar-refractivity contribution in [1.82, 2.24) is 0 Å². The summed E-state index contributed by atoms with van der Waals surface area (Å²) in [7, 11) is 0. The van der Waals surface area contributed by atoms with E-state index >= 15 is 0 Å². The van der Waals surface area contributed by atoms with Crippen LogP contribution in [0.25, 0.3) is 0 Å². The van der Waals surface area contributed by atoms with Crippen LogP contribution in [0, 0.1) is 5.92 Å². The van der Waals surface area contributed by atoms with Gasteiger partial charge in [0.1, 0.15) is 0 Å². The summed E-state index contributed by atoms with van der Waals surface area (Å²) >= 11 is 0. The van der Waals surface area contributed by atoms with Crippen molar-refractivity contribution in [2.75, 3.05) is 16.8 Å². The van der Waals surface area contributed by atoms with Crippen molar-refractivity contribution >= 4 is 29.0 Å². The Labute approximate surface area is 159 Å². The van der Waals surface area contributed by atoms with E-state index in [-0.39, 0.29) is 24.0 Å². The fourth-order valence-electron chi connectivity index (χ4n) is 3.37. The number of anilines is 2. The molecule has 0 aliphatic carbocycles. The summed E-state index contributed by atoms with van der Waals surface area (Å²) in [6.07, 6.45) is 0.198. The minimum absolute atomic E-state index is 0.0197. The monoisotopic (exact) mass is 364 g/mol. The number of hydrogen-bond donors (Lipinski definition) is 1. The van der Waals surface area contributed by atoms with E-state index in [0.717, 1.165) is 11.3 Å². The number of ketones is 1. The largest absolute Gasteiger partial charge is 0.326 e. The van der Waals surface area contributed by atoms with Crippen LogP contribution >= 0.6 is 0 Å². The number of hydrogen-bond acceptors (Lipinski definition) is 3. The zero-order valence-electron chi connectivity index (χ0n) is 15.9. The zero-order chi connectivity index (χ0) is 19.6. The molecule has 27 heavy (non-hydrogen) atoms. The first-order valence-corrected chi connectivity index (χ1v) is 9.18. The first-order valence-electron chi connectivity index (χ1n) is 9.18. The predicted molar refractivity (Wildman–Crippen MR) is 106 cm³/mol. The molecule has 0 saturated carbocycles. The number of carbonyl (C=O) groups excluding carboxylic acids is 3. The molecule has 2 amide bonds. The first kappa shape index (κ1) is 18.8. The average molecular weight is 364 g/mol. The van der Waals surface area contributed by atoms with Crippen molar-refractivity contribution < 1.29 is 14.4 Å². The second-order valence-corrected chi connectivity index (χ2v) is 7.24. The summed E-state index contributed by atoms with van der Waals surface area (Å²) in [6, 6.07) is 14.6. The molecule has 0 spiro atoms. The van der Waals surface area contributed by atoms with E-state index in [1.54, 1.807) is 29.2 Å². The normalized spacial score (nSPS) is 16.7. The standard InChI is InChI=1S/C22H24N2O3/c1-14(2)19-6-4-5-7-20(19)24-13-17(12-21(24)26)22(27)23-18-10-8-16(9-11-18)15(3)25/h4-11,14,17H,12-13H2,1-3H3,(H,23,27). The van der Waals surface area contributed by atoms with Gasteiger partial charge in [0.05, 0.1) is 5.92 Å². The van der Waals surface area contributed by atoms with E-state index < -0.39 is 5.92 Å². The Kier molecular flexibility index (Phi) is 5.40. The van der Waals surface area contributed by atoms with Gasteiger partial charge in [0.25, 0.3) is 0 Å². The van der Waals surface area contributed by atoms with Gasteiger partial charge in [-0.15, -0.1) is 0 Å². The van der Waals surface area contributed by atoms with Crippen molar-refractivity contribution in [2.45, 2.75) is 33.1 Å². The Morgan fingerprint density at radius 2 is 1.74 bits per heavy atom. The highest BCUT2D eigenvalue weighted by atomic mass is 16.2. The van der Waals surface area contributed by atoms with Gasteiger partial charge >= 0.3 is 0 Å². The molecule has 1 atom stereocenters. The topological polar surface area (TPSA) is 66.5 Å². The molecule has 1 heterocycles. The summed E-state index contributed by atoms with van der Waals surface area (Å²) in [4.78, 5) is 38.2. The highest BCUT2D eigenvalue weighted by Gasteiger charge is 2.36. The SMILES string of the molecule is CC(=O)c1ccc(NC(=O)C2CC(=O)N(c3ccccc3C(C)C)C2)cc1. The van der Waals surface area contributed by atoms with E-state index in [2.05, 4.69) is 19.2 Å². The summed E-state index contributed by atoms with van der Waals surface area (Å²) < 4.78 is 0. The van der Waals surface area contributed by atoms with Crippen molar-refractivity contribution in [3.05, 3.63) is 59.7 Å². The molecule has 1 aliphatic rings. The van der Waals surface area contributed by atoms with Gasteiger partial charge in [0.2, 0.25) is 11.8 Å². The maximum absolute atomic E-state index is 12.6. The number of Topliss-reactive ketones (excluding diaryl/α,β-unsaturated/α-hetero) is 1. The van der Waals surface area contributed by atoms with E-state index in [9.17, 15) is 14.4 Å². The maximum atomic E-state index is 12.6. The van der Waals surface area contributed by atoms with Crippen LogP contribution in [0.2, 0.25) is 0 Å². The van der Waals surface area contributed by atoms with Crippen molar-refractivity contribution in [3.8, 4) is 0 Å². The zero-order valence-corrected chi connectivity index (χ0v) is 15.9. The number of rotatable bonds is 5. The molecule has 5 heteroatoms. The summed E-state index contributed by atoms with van der Waals surface area (Å²) in [5.41, 5.74) is 3.21. The Bertz CT molecular complexity index is 871. The van der Waals surface area contributed by atoms with Crippen LogP contribution in [0.15, 0.2) is 48.5 Å². The number of nitrogens with zero attached hydrogens (tertiary/aromatic N) is 1. The fraction of sp³-hybridized carbons (Fsp3) is 0.318. The molecular weight excluding hydrogens is 340 g/mol. The van der Waals surface area contributed by atoms with Crippen LogP contribution in [0.3, 0.4) is 0 Å². The molecule has 0 bridgehead atoms. The maximum Gasteiger partial charge on any atom is 0.229 e. The highest BCUT2D eigenvalue weighted by Crippen LogP contribution is 2.32. The predicted octanol–water partition coefficient (Wildman–Crippen LogP) is 4.00. The second-order valence-electron chi connectivity index (χ2n) is 7.24. The van der Waals surface area contributed by atoms with Crippen LogP contribution in [0.5, 0.6) is 0 Å². The Morgan fingerprint density at radius 1 is 1.07 bits per heavy atom. The molecule has 5 nitrogen and oxygen atoms in total. The summed E-state index contributed by atoms with van der Waals surface area (Å²) in [5, 5.41) is 2.85. The lowest BCUT2D eigenvalue weighted by Crippen LogP contribution is -2.29. The van der Waals surface area contributed by atoms with Crippen LogP contribution < -0.4 is 10.2 Å². The molecular formula is C22H24N2O3. The first-order chi connectivity index (χ1) is 12.9. The highest BCUT2D eigenvalue weighted by molar-refractivity contribution is 6.04. The van der Waals surface area contributed by atoms with Gasteiger partial charge in [-0.2, -0.15) is 0 Å². The fourth-order valence-corrected chi connectivity index (χ4v) is 3.37. The van der Waals surface area contributed by atoms with Crippen molar-refractivity contribution in [1.29, 1.82) is 0 Å². The molecule has 2 aromatic rings. The molecule has 140 valence electrons. The third-order valence-corrected chi connectivity index (χ3v) is 4.90. The van der Waals surface area contributed by atoms with Crippen LogP contribution in [0.4, 0.5) is 11.4 Å². The van der Waals surface area contributed by atoms with Crippen molar-refractivity contribution in [3.63, 3.8) is 0 Å². The third kappa shape index (κ3) is 4.08. The van der Waals surface area contributed by atoms with Gasteiger partial charge in [-0.25, -0.2) is 0 Å². The molecule has 1 unspecified atom stereocenters. The smallest absolute Gasteiger partial charge is 0.229 e. The Hall–Kier alpha value is -2.95. The minimum Gasteiger partial charge on any atom is -0.326 e. The van der Waals surface area contributed by atoms with Gasteiger partial charge in [0, 0.05) is 29.9 Å². The number of carbonyl (C=O) groups is 3. The molecule has 0 radical (unpaired) electrons. The van der Waals surface area contributed by atoms with Gasteiger partial charge < -0.3 is 10.2 Å². The van der Waals surface area contributed by atoms with Crippen molar-refractivity contribution in [2.24, 2.45) is 5.92 Å². The lowest BCUT2D eigenvalue weighted by molar-refractivity contribution is -0.122. The second kappa shape index (κ2) is 7.74. The van der Waals surface area contributed by atoms with E-state index in [0.29, 0.717) is 23.7 Å². The van der Waals surface area contributed by atoms with Gasteiger partial charge in [-0.05, 0) is 48.7 Å². The molecule has 2 aromatic carbocycles. The molecule has 1 aliphatic heterocycles. The number of para-hydroxylation sites is 1. The van der Waals surface area contributed by atoms with Crippen LogP contribution in [0.1, 0.15) is 49.0 Å². The summed E-state index contributed by atoms with van der Waals surface area (Å²) in [5.74, 6) is -0.334. The van der Waals surface area contributed by atoms with Crippen LogP contribution in [-0.2, 0) is 9.59 Å². The van der Waals surface area contributed by atoms with Crippen LogP contribution in [-0.4, -0.2) is 24.1 Å². The van der Waals surface area contributed by atoms with E-state index in [1.807, 2.05) is 24.3 Å². The molecule has 0 aromatic heterocycles. The average Bonchev–Trinajstić information content (AvgIpc) is 3.04. The number of amides is 2. The van der Waals surface area contributed by atoms with Gasteiger partial charge in [-0.3, -0.25) is 14.4 Å². The summed E-state index contributed by atoms with van der Waals surface area (Å²) in [6.45, 7) is 6.06. The Balaban J connectivity index is 1.72. The van der Waals surface area contributed by atoms with E-state index in [1.165, 1.54) is 6.92 Å². The minimum atomic E-state index is -0.398. The number of nitrogens with one attached hydrogen (secondary N) is 1.